The molecule has 0 radical (unpaired) electrons. The highest BCUT2D eigenvalue weighted by molar-refractivity contribution is 5.25. The third-order valence-corrected chi connectivity index (χ3v) is 2.98. The van der Waals surface area contributed by atoms with Crippen LogP contribution in [0.3, 0.4) is 0 Å². The molecule has 0 aromatic heterocycles. The molecule has 0 heterocycles. The van der Waals surface area contributed by atoms with Crippen LogP contribution in [0.4, 0.5) is 0 Å². The molecule has 80 valence electrons. The molecule has 0 spiro atoms. The van der Waals surface area contributed by atoms with Gasteiger partial charge in [-0.05, 0) is 42.7 Å². The van der Waals surface area contributed by atoms with Crippen LogP contribution < -0.4 is 0 Å². The largest absolute Gasteiger partial charge is 0.388 e. The van der Waals surface area contributed by atoms with Crippen molar-refractivity contribution >= 4 is 0 Å². The van der Waals surface area contributed by atoms with E-state index in [0.29, 0.717) is 6.42 Å². The molecular formula is C14H18O. The van der Waals surface area contributed by atoms with Crippen LogP contribution in [0.2, 0.25) is 0 Å². The summed E-state index contributed by atoms with van der Waals surface area (Å²) in [6.45, 7) is 3.63. The third-order valence-electron chi connectivity index (χ3n) is 2.98. The van der Waals surface area contributed by atoms with Crippen molar-refractivity contribution in [2.24, 2.45) is 5.92 Å². The van der Waals surface area contributed by atoms with E-state index in [1.807, 2.05) is 12.1 Å². The molecule has 1 N–H and O–H groups in total. The summed E-state index contributed by atoms with van der Waals surface area (Å²) in [5.74, 6) is 0.925. The van der Waals surface area contributed by atoms with E-state index in [-0.39, 0.29) is 0 Å². The minimum absolute atomic E-state index is 0.391. The lowest BCUT2D eigenvalue weighted by molar-refractivity contribution is 0.181. The molecule has 1 atom stereocenters. The van der Waals surface area contributed by atoms with Gasteiger partial charge in [0.05, 0.1) is 6.10 Å². The number of rotatable bonds is 5. The molecule has 1 aliphatic rings. The molecule has 2 rings (SSSR count). The second-order valence-corrected chi connectivity index (χ2v) is 4.43. The van der Waals surface area contributed by atoms with Crippen LogP contribution in [0.25, 0.3) is 0 Å². The summed E-state index contributed by atoms with van der Waals surface area (Å²) in [6, 6.07) is 8.34. The van der Waals surface area contributed by atoms with E-state index < -0.39 is 6.10 Å². The molecule has 1 aromatic rings. The first kappa shape index (κ1) is 10.4. The van der Waals surface area contributed by atoms with Gasteiger partial charge >= 0.3 is 0 Å². The van der Waals surface area contributed by atoms with E-state index in [9.17, 15) is 5.11 Å². The van der Waals surface area contributed by atoms with Gasteiger partial charge in [-0.15, -0.1) is 6.58 Å². The first-order valence-corrected chi connectivity index (χ1v) is 5.67. The number of benzene rings is 1. The van der Waals surface area contributed by atoms with Crippen molar-refractivity contribution in [1.29, 1.82) is 0 Å². The molecule has 0 aliphatic heterocycles. The predicted molar refractivity (Wildman–Crippen MR) is 62.6 cm³/mol. The van der Waals surface area contributed by atoms with Crippen molar-refractivity contribution in [3.63, 3.8) is 0 Å². The molecule has 15 heavy (non-hydrogen) atoms. The summed E-state index contributed by atoms with van der Waals surface area (Å²) in [5, 5.41) is 9.73. The number of aliphatic hydroxyl groups is 1. The second-order valence-electron chi connectivity index (χ2n) is 4.43. The normalized spacial score (nSPS) is 17.4. The van der Waals surface area contributed by atoms with Gasteiger partial charge in [-0.3, -0.25) is 0 Å². The molecule has 1 aromatic carbocycles. The molecular weight excluding hydrogens is 184 g/mol. The highest BCUT2D eigenvalue weighted by atomic mass is 16.3. The summed E-state index contributed by atoms with van der Waals surface area (Å²) >= 11 is 0. The molecule has 1 unspecified atom stereocenters. The molecule has 0 amide bonds. The van der Waals surface area contributed by atoms with Gasteiger partial charge in [0.25, 0.3) is 0 Å². The zero-order chi connectivity index (χ0) is 10.7. The van der Waals surface area contributed by atoms with E-state index in [1.54, 1.807) is 6.08 Å². The van der Waals surface area contributed by atoms with Gasteiger partial charge in [0.15, 0.2) is 0 Å². The minimum atomic E-state index is -0.391. The summed E-state index contributed by atoms with van der Waals surface area (Å²) < 4.78 is 0. The lowest BCUT2D eigenvalue weighted by Crippen LogP contribution is -1.96. The van der Waals surface area contributed by atoms with Crippen molar-refractivity contribution in [2.75, 3.05) is 0 Å². The van der Waals surface area contributed by atoms with Gasteiger partial charge < -0.3 is 5.11 Å². The molecule has 1 fully saturated rings. The minimum Gasteiger partial charge on any atom is -0.388 e. The van der Waals surface area contributed by atoms with Crippen LogP contribution in [-0.2, 0) is 6.42 Å². The average Bonchev–Trinajstić information content (AvgIpc) is 3.03. The van der Waals surface area contributed by atoms with E-state index in [2.05, 4.69) is 18.7 Å². The Labute approximate surface area is 91.4 Å². The van der Waals surface area contributed by atoms with Gasteiger partial charge in [0.2, 0.25) is 0 Å². The highest BCUT2D eigenvalue weighted by Gasteiger charge is 2.21. The van der Waals surface area contributed by atoms with Gasteiger partial charge in [0, 0.05) is 0 Å². The molecule has 1 aliphatic carbocycles. The fourth-order valence-corrected chi connectivity index (χ4v) is 1.83. The number of hydrogen-bond acceptors (Lipinski definition) is 1. The van der Waals surface area contributed by atoms with Crippen LogP contribution in [0, 0.1) is 5.92 Å². The Bertz CT molecular complexity index is 322. The fraction of sp³-hybridized carbons (Fsp3) is 0.429. The maximum Gasteiger partial charge on any atom is 0.0824 e. The number of aliphatic hydroxyl groups excluding tert-OH is 1. The fourth-order valence-electron chi connectivity index (χ4n) is 1.83. The van der Waals surface area contributed by atoms with Crippen molar-refractivity contribution in [3.05, 3.63) is 48.0 Å². The van der Waals surface area contributed by atoms with Gasteiger partial charge in [-0.2, -0.15) is 0 Å². The summed E-state index contributed by atoms with van der Waals surface area (Å²) in [7, 11) is 0. The number of hydrogen-bond donors (Lipinski definition) is 1. The van der Waals surface area contributed by atoms with Gasteiger partial charge in [-0.1, -0.05) is 30.3 Å². The first-order chi connectivity index (χ1) is 7.29. The monoisotopic (exact) mass is 202 g/mol. The topological polar surface area (TPSA) is 20.2 Å². The Balaban J connectivity index is 1.98. The van der Waals surface area contributed by atoms with Crippen LogP contribution in [0.1, 0.15) is 36.5 Å². The molecule has 0 saturated heterocycles. The first-order valence-electron chi connectivity index (χ1n) is 5.67. The molecule has 1 nitrogen and oxygen atoms in total. The van der Waals surface area contributed by atoms with Crippen molar-refractivity contribution in [2.45, 2.75) is 31.8 Å². The maximum absolute atomic E-state index is 9.73. The zero-order valence-corrected chi connectivity index (χ0v) is 9.02. The average molecular weight is 202 g/mol. The Kier molecular flexibility index (Phi) is 3.22. The lowest BCUT2D eigenvalue weighted by atomic mass is 10.0. The van der Waals surface area contributed by atoms with E-state index >= 15 is 0 Å². The smallest absolute Gasteiger partial charge is 0.0824 e. The predicted octanol–water partition coefficient (Wildman–Crippen LogP) is 3.25. The third kappa shape index (κ3) is 2.93. The Morgan fingerprint density at radius 1 is 1.33 bits per heavy atom. The lowest BCUT2D eigenvalue weighted by Gasteiger charge is -2.09. The second kappa shape index (κ2) is 4.63. The van der Waals surface area contributed by atoms with Crippen molar-refractivity contribution in [3.8, 4) is 0 Å². The van der Waals surface area contributed by atoms with Gasteiger partial charge in [-0.25, -0.2) is 0 Å². The summed E-state index contributed by atoms with van der Waals surface area (Å²) in [5.41, 5.74) is 2.39. The SMILES string of the molecule is C=CCC(O)c1ccc(CC2CC2)cc1. The van der Waals surface area contributed by atoms with Gasteiger partial charge in [0.1, 0.15) is 0 Å². The van der Waals surface area contributed by atoms with E-state index in [0.717, 1.165) is 11.5 Å². The molecule has 1 heteroatoms. The van der Waals surface area contributed by atoms with E-state index in [4.69, 9.17) is 0 Å². The van der Waals surface area contributed by atoms with Crippen LogP contribution in [0.15, 0.2) is 36.9 Å². The molecule has 0 bridgehead atoms. The maximum atomic E-state index is 9.73. The standard InChI is InChI=1S/C14H18O/c1-2-3-14(15)13-8-6-12(7-9-13)10-11-4-5-11/h2,6-9,11,14-15H,1,3-5,10H2. The van der Waals surface area contributed by atoms with Crippen molar-refractivity contribution < 1.29 is 5.11 Å². The van der Waals surface area contributed by atoms with E-state index in [1.165, 1.54) is 24.8 Å². The summed E-state index contributed by atoms with van der Waals surface area (Å²) in [4.78, 5) is 0. The zero-order valence-electron chi connectivity index (χ0n) is 9.02. The summed E-state index contributed by atoms with van der Waals surface area (Å²) in [6.07, 6.45) is 5.97. The Morgan fingerprint density at radius 2 is 2.00 bits per heavy atom. The molecule has 1 saturated carbocycles. The Morgan fingerprint density at radius 3 is 2.53 bits per heavy atom. The van der Waals surface area contributed by atoms with Crippen LogP contribution in [-0.4, -0.2) is 5.11 Å². The quantitative estimate of drug-likeness (QED) is 0.727. The van der Waals surface area contributed by atoms with Crippen LogP contribution >= 0.6 is 0 Å². The highest BCUT2D eigenvalue weighted by Crippen LogP contribution is 2.32. The Hall–Kier alpha value is -1.08. The van der Waals surface area contributed by atoms with Crippen molar-refractivity contribution in [1.82, 2.24) is 0 Å². The van der Waals surface area contributed by atoms with Crippen LogP contribution in [0.5, 0.6) is 0 Å².